The van der Waals surface area contributed by atoms with Crippen molar-refractivity contribution in [1.82, 2.24) is 19.9 Å². The Kier molecular flexibility index (Phi) is 4.74. The van der Waals surface area contributed by atoms with Crippen molar-refractivity contribution in [3.8, 4) is 0 Å². The van der Waals surface area contributed by atoms with Crippen molar-refractivity contribution in [1.29, 1.82) is 0 Å². The summed E-state index contributed by atoms with van der Waals surface area (Å²) in [5.41, 5.74) is 1.68. The van der Waals surface area contributed by atoms with Crippen molar-refractivity contribution in [2.24, 2.45) is 0 Å². The van der Waals surface area contributed by atoms with Gasteiger partial charge < -0.3 is 10.6 Å². The van der Waals surface area contributed by atoms with Crippen molar-refractivity contribution in [3.63, 3.8) is 0 Å². The maximum Gasteiger partial charge on any atom is 0.283 e. The Balaban J connectivity index is 1.39. The highest BCUT2D eigenvalue weighted by atomic mass is 32.1. The third-order valence-corrected chi connectivity index (χ3v) is 6.18. The number of amides is 1. The lowest BCUT2D eigenvalue weighted by molar-refractivity contribution is 0.0951. The van der Waals surface area contributed by atoms with Gasteiger partial charge in [-0.2, -0.15) is 4.52 Å². The van der Waals surface area contributed by atoms with Crippen LogP contribution in [0.5, 0.6) is 0 Å². The Morgan fingerprint density at radius 3 is 2.83 bits per heavy atom. The van der Waals surface area contributed by atoms with E-state index in [4.69, 9.17) is 0 Å². The van der Waals surface area contributed by atoms with E-state index in [0.29, 0.717) is 38.8 Å². The normalized spacial score (nSPS) is 11.1. The van der Waals surface area contributed by atoms with Crippen molar-refractivity contribution in [2.75, 3.05) is 5.32 Å². The Labute approximate surface area is 178 Å². The van der Waals surface area contributed by atoms with E-state index in [9.17, 15) is 9.59 Å². The van der Waals surface area contributed by atoms with Gasteiger partial charge in [-0.3, -0.25) is 9.59 Å². The lowest BCUT2D eigenvalue weighted by atomic mass is 10.2. The second-order valence-corrected chi connectivity index (χ2v) is 8.49. The van der Waals surface area contributed by atoms with Crippen LogP contribution >= 0.6 is 22.7 Å². The fraction of sp³-hybridized carbons (Fsp3) is 0.0476. The van der Waals surface area contributed by atoms with Crippen LogP contribution in [0.4, 0.5) is 10.8 Å². The van der Waals surface area contributed by atoms with Gasteiger partial charge in [0.2, 0.25) is 10.1 Å². The SMILES string of the molecule is O=C(NCc1cccs1)c1cccc(Nc2nn3c(=O)c4ccccc4nc3s2)c1. The van der Waals surface area contributed by atoms with E-state index in [1.165, 1.54) is 15.9 Å². The zero-order valence-electron chi connectivity index (χ0n) is 15.5. The number of nitrogens with zero attached hydrogens (tertiary/aromatic N) is 3. The third-order valence-electron chi connectivity index (χ3n) is 4.48. The molecule has 1 amide bonds. The molecular formula is C21H15N5O2S2. The molecule has 5 rings (SSSR count). The summed E-state index contributed by atoms with van der Waals surface area (Å²) >= 11 is 2.88. The molecule has 2 N–H and O–H groups in total. The minimum Gasteiger partial charge on any atom is -0.347 e. The largest absolute Gasteiger partial charge is 0.347 e. The first-order valence-electron chi connectivity index (χ1n) is 9.14. The maximum absolute atomic E-state index is 12.7. The minimum atomic E-state index is -0.207. The number of hydrogen-bond donors (Lipinski definition) is 2. The van der Waals surface area contributed by atoms with Crippen LogP contribution in [-0.2, 0) is 6.54 Å². The number of para-hydroxylation sites is 1. The fourth-order valence-corrected chi connectivity index (χ4v) is 4.51. The van der Waals surface area contributed by atoms with Gasteiger partial charge in [0.05, 0.1) is 17.4 Å². The number of carbonyl (C=O) groups is 1. The number of thiophene rings is 1. The van der Waals surface area contributed by atoms with Crippen molar-refractivity contribution in [2.45, 2.75) is 6.54 Å². The van der Waals surface area contributed by atoms with Crippen LogP contribution in [0.15, 0.2) is 70.8 Å². The summed E-state index contributed by atoms with van der Waals surface area (Å²) in [6.45, 7) is 0.494. The number of anilines is 2. The Hall–Kier alpha value is -3.56. The number of aromatic nitrogens is 3. The Morgan fingerprint density at radius 2 is 1.97 bits per heavy atom. The Morgan fingerprint density at radius 1 is 1.07 bits per heavy atom. The monoisotopic (exact) mass is 433 g/mol. The van der Waals surface area contributed by atoms with E-state index >= 15 is 0 Å². The van der Waals surface area contributed by atoms with Gasteiger partial charge in [0.15, 0.2) is 0 Å². The van der Waals surface area contributed by atoms with Crippen molar-refractivity contribution in [3.05, 3.63) is 86.8 Å². The molecule has 30 heavy (non-hydrogen) atoms. The lowest BCUT2D eigenvalue weighted by Crippen LogP contribution is -2.22. The van der Waals surface area contributed by atoms with Gasteiger partial charge in [0.25, 0.3) is 11.5 Å². The number of carbonyl (C=O) groups excluding carboxylic acids is 1. The topological polar surface area (TPSA) is 88.4 Å². The highest BCUT2D eigenvalue weighted by Gasteiger charge is 2.12. The quantitative estimate of drug-likeness (QED) is 0.437. The summed E-state index contributed by atoms with van der Waals surface area (Å²) in [7, 11) is 0. The molecule has 0 atom stereocenters. The average Bonchev–Trinajstić information content (AvgIpc) is 3.42. The molecule has 0 saturated carbocycles. The zero-order valence-corrected chi connectivity index (χ0v) is 17.2. The molecule has 2 aromatic carbocycles. The van der Waals surface area contributed by atoms with E-state index < -0.39 is 0 Å². The van der Waals surface area contributed by atoms with Crippen LogP contribution in [0.3, 0.4) is 0 Å². The van der Waals surface area contributed by atoms with Gasteiger partial charge in [-0.15, -0.1) is 16.4 Å². The number of rotatable bonds is 5. The molecule has 0 aliphatic rings. The molecule has 9 heteroatoms. The van der Waals surface area contributed by atoms with Crippen LogP contribution in [0, 0.1) is 0 Å². The van der Waals surface area contributed by atoms with E-state index in [0.717, 1.165) is 4.88 Å². The second-order valence-electron chi connectivity index (χ2n) is 6.50. The molecule has 0 aliphatic heterocycles. The molecule has 148 valence electrons. The van der Waals surface area contributed by atoms with Crippen LogP contribution in [0.1, 0.15) is 15.2 Å². The number of benzene rings is 2. The summed E-state index contributed by atoms with van der Waals surface area (Å²) in [6.07, 6.45) is 0. The summed E-state index contributed by atoms with van der Waals surface area (Å²) in [5, 5.41) is 13.5. The van der Waals surface area contributed by atoms with Crippen LogP contribution in [0.25, 0.3) is 15.9 Å². The summed E-state index contributed by atoms with van der Waals surface area (Å²) in [6, 6.07) is 18.3. The van der Waals surface area contributed by atoms with Crippen molar-refractivity contribution < 1.29 is 4.79 Å². The predicted molar refractivity (Wildman–Crippen MR) is 120 cm³/mol. The summed E-state index contributed by atoms with van der Waals surface area (Å²) in [4.78, 5) is 31.2. The standard InChI is InChI=1S/C21H15N5O2S2/c27-18(22-12-15-7-4-10-29-15)13-5-3-6-14(11-13)23-20-25-26-19(28)16-8-1-2-9-17(16)24-21(26)30-20/h1-11H,12H2,(H,22,27)(H,23,25). The fourth-order valence-electron chi connectivity index (χ4n) is 3.05. The first-order valence-corrected chi connectivity index (χ1v) is 10.8. The van der Waals surface area contributed by atoms with Gasteiger partial charge in [-0.25, -0.2) is 4.98 Å². The smallest absolute Gasteiger partial charge is 0.283 e. The Bertz CT molecular complexity index is 1420. The molecule has 0 radical (unpaired) electrons. The first-order chi connectivity index (χ1) is 14.7. The van der Waals surface area contributed by atoms with E-state index in [-0.39, 0.29) is 11.5 Å². The van der Waals surface area contributed by atoms with Gasteiger partial charge >= 0.3 is 0 Å². The van der Waals surface area contributed by atoms with E-state index in [1.54, 1.807) is 41.7 Å². The van der Waals surface area contributed by atoms with Crippen LogP contribution in [-0.4, -0.2) is 20.5 Å². The minimum absolute atomic E-state index is 0.152. The van der Waals surface area contributed by atoms with E-state index in [2.05, 4.69) is 20.7 Å². The summed E-state index contributed by atoms with van der Waals surface area (Å²) in [5.74, 6) is -0.152. The molecule has 7 nitrogen and oxygen atoms in total. The number of fused-ring (bicyclic) bond motifs is 2. The second kappa shape index (κ2) is 7.69. The molecular weight excluding hydrogens is 418 g/mol. The molecule has 0 bridgehead atoms. The van der Waals surface area contributed by atoms with E-state index in [1.807, 2.05) is 35.7 Å². The van der Waals surface area contributed by atoms with Crippen LogP contribution in [0.2, 0.25) is 0 Å². The summed E-state index contributed by atoms with van der Waals surface area (Å²) < 4.78 is 1.30. The lowest BCUT2D eigenvalue weighted by Gasteiger charge is -2.06. The van der Waals surface area contributed by atoms with Crippen LogP contribution < -0.4 is 16.2 Å². The molecule has 0 unspecified atom stereocenters. The molecule has 3 heterocycles. The highest BCUT2D eigenvalue weighted by molar-refractivity contribution is 7.20. The molecule has 0 fully saturated rings. The average molecular weight is 434 g/mol. The maximum atomic E-state index is 12.7. The molecule has 5 aromatic rings. The zero-order chi connectivity index (χ0) is 20.5. The molecule has 3 aromatic heterocycles. The van der Waals surface area contributed by atoms with Crippen molar-refractivity contribution >= 4 is 55.3 Å². The van der Waals surface area contributed by atoms with Gasteiger partial charge in [-0.05, 0) is 41.8 Å². The number of nitrogens with one attached hydrogen (secondary N) is 2. The number of hydrogen-bond acceptors (Lipinski definition) is 7. The molecule has 0 saturated heterocycles. The van der Waals surface area contributed by atoms with Gasteiger partial charge in [0, 0.05) is 16.1 Å². The molecule has 0 spiro atoms. The third kappa shape index (κ3) is 3.56. The first kappa shape index (κ1) is 18.5. The highest BCUT2D eigenvalue weighted by Crippen LogP contribution is 2.23. The molecule has 0 aliphatic carbocycles. The van der Waals surface area contributed by atoms with Gasteiger partial charge in [0.1, 0.15) is 0 Å². The predicted octanol–water partition coefficient (Wildman–Crippen LogP) is 4.04. The van der Waals surface area contributed by atoms with Gasteiger partial charge in [-0.1, -0.05) is 35.6 Å².